The van der Waals surface area contributed by atoms with Crippen LogP contribution in [-0.2, 0) is 19.5 Å². The number of hydrogen-bond donors (Lipinski definition) is 0. The first-order valence-corrected chi connectivity index (χ1v) is 10.7. The van der Waals surface area contributed by atoms with Crippen molar-refractivity contribution in [2.75, 3.05) is 13.8 Å². The van der Waals surface area contributed by atoms with E-state index in [-0.39, 0.29) is 5.63 Å². The van der Waals surface area contributed by atoms with Crippen LogP contribution in [0.2, 0.25) is 0 Å². The van der Waals surface area contributed by atoms with E-state index in [0.29, 0.717) is 37.4 Å². The third-order valence-electron chi connectivity index (χ3n) is 6.11. The summed E-state index contributed by atoms with van der Waals surface area (Å²) in [6.45, 7) is 3.77. The van der Waals surface area contributed by atoms with Crippen LogP contribution in [0.3, 0.4) is 0 Å². The van der Waals surface area contributed by atoms with Crippen LogP contribution in [0, 0.1) is 6.92 Å². The quantitative estimate of drug-likeness (QED) is 0.417. The van der Waals surface area contributed by atoms with Gasteiger partial charge in [0.25, 0.3) is 0 Å². The van der Waals surface area contributed by atoms with Crippen molar-refractivity contribution in [2.45, 2.75) is 26.4 Å². The lowest BCUT2D eigenvalue weighted by Crippen LogP contribution is -2.32. The number of hydrogen-bond acceptors (Lipinski definition) is 5. The second-order valence-electron chi connectivity index (χ2n) is 8.15. The molecule has 0 N–H and O–H groups in total. The van der Waals surface area contributed by atoms with Crippen LogP contribution in [0.1, 0.15) is 27.8 Å². The maximum absolute atomic E-state index is 13.0. The van der Waals surface area contributed by atoms with E-state index in [1.807, 2.05) is 67.6 Å². The Morgan fingerprint density at radius 2 is 1.78 bits per heavy atom. The van der Waals surface area contributed by atoms with Crippen molar-refractivity contribution in [3.8, 4) is 11.5 Å². The molecule has 1 aliphatic heterocycles. The summed E-state index contributed by atoms with van der Waals surface area (Å²) in [6, 6.07) is 22.0. The third kappa shape index (κ3) is 3.76. The van der Waals surface area contributed by atoms with Gasteiger partial charge in [-0.1, -0.05) is 48.5 Å². The zero-order chi connectivity index (χ0) is 22.1. The van der Waals surface area contributed by atoms with Crippen molar-refractivity contribution >= 4 is 11.0 Å². The number of para-hydroxylation sites is 1. The number of fused-ring (bicyclic) bond motifs is 3. The highest BCUT2D eigenvalue weighted by atomic mass is 16.5. The van der Waals surface area contributed by atoms with Crippen molar-refractivity contribution in [3.05, 3.63) is 105 Å². The van der Waals surface area contributed by atoms with Crippen LogP contribution in [0.15, 0.2) is 75.9 Å². The van der Waals surface area contributed by atoms with E-state index < -0.39 is 0 Å². The highest BCUT2D eigenvalue weighted by Crippen LogP contribution is 2.35. The van der Waals surface area contributed by atoms with Gasteiger partial charge in [-0.2, -0.15) is 0 Å². The van der Waals surface area contributed by atoms with Crippen LogP contribution in [-0.4, -0.2) is 18.7 Å². The second kappa shape index (κ2) is 8.52. The molecular formula is C27H25NO4. The summed E-state index contributed by atoms with van der Waals surface area (Å²) in [6.07, 6.45) is 0.554. The van der Waals surface area contributed by atoms with E-state index >= 15 is 0 Å². The minimum atomic E-state index is -0.283. The first kappa shape index (κ1) is 20.3. The second-order valence-corrected chi connectivity index (χ2v) is 8.15. The van der Waals surface area contributed by atoms with E-state index in [2.05, 4.69) is 11.0 Å². The molecule has 1 aromatic heterocycles. The van der Waals surface area contributed by atoms with Crippen LogP contribution >= 0.6 is 0 Å². The fourth-order valence-corrected chi connectivity index (χ4v) is 4.39. The van der Waals surface area contributed by atoms with Crippen molar-refractivity contribution in [1.82, 2.24) is 4.90 Å². The molecule has 32 heavy (non-hydrogen) atoms. The number of methoxy groups -OCH3 is 1. The van der Waals surface area contributed by atoms with Crippen LogP contribution < -0.4 is 15.1 Å². The van der Waals surface area contributed by atoms with Gasteiger partial charge in [-0.05, 0) is 36.2 Å². The Bertz CT molecular complexity index is 1330. The zero-order valence-electron chi connectivity index (χ0n) is 18.3. The molecule has 0 amide bonds. The van der Waals surface area contributed by atoms with E-state index in [1.54, 1.807) is 7.11 Å². The minimum Gasteiger partial charge on any atom is -0.496 e. The van der Waals surface area contributed by atoms with E-state index in [9.17, 15) is 4.79 Å². The van der Waals surface area contributed by atoms with Crippen molar-refractivity contribution < 1.29 is 13.9 Å². The molecule has 3 aromatic carbocycles. The molecule has 0 bridgehead atoms. The molecule has 4 aromatic rings. The lowest BCUT2D eigenvalue weighted by Gasteiger charge is -2.29. The molecule has 1 aliphatic rings. The fraction of sp³-hybridized carbons (Fsp3) is 0.222. The molecule has 0 unspecified atom stereocenters. The summed E-state index contributed by atoms with van der Waals surface area (Å²) < 4.78 is 17.4. The maximum Gasteiger partial charge on any atom is 0.340 e. The standard InChI is InChI=1S/C27H25NO4/c1-18-21-12-13-25-23(16-28(17-31-25)15-20-10-6-7-11-24(20)30-2)26(21)32-27(29)22(18)14-19-8-4-3-5-9-19/h3-13H,14-17H2,1-2H3. The highest BCUT2D eigenvalue weighted by Gasteiger charge is 2.24. The van der Waals surface area contributed by atoms with Crippen LogP contribution in [0.25, 0.3) is 11.0 Å². The Labute approximate surface area is 186 Å². The summed E-state index contributed by atoms with van der Waals surface area (Å²) >= 11 is 0. The summed E-state index contributed by atoms with van der Waals surface area (Å²) in [7, 11) is 1.68. The predicted octanol–water partition coefficient (Wildman–Crippen LogP) is 5.05. The number of ether oxygens (including phenoxy) is 2. The Morgan fingerprint density at radius 1 is 1.00 bits per heavy atom. The Kier molecular flexibility index (Phi) is 5.41. The lowest BCUT2D eigenvalue weighted by atomic mass is 9.97. The Morgan fingerprint density at radius 3 is 2.59 bits per heavy atom. The Hall–Kier alpha value is -3.57. The van der Waals surface area contributed by atoms with Crippen molar-refractivity contribution in [1.29, 1.82) is 0 Å². The molecule has 5 heteroatoms. The molecule has 0 aliphatic carbocycles. The molecule has 0 saturated heterocycles. The van der Waals surface area contributed by atoms with Crippen molar-refractivity contribution in [2.24, 2.45) is 0 Å². The van der Waals surface area contributed by atoms with Crippen LogP contribution in [0.4, 0.5) is 0 Å². The molecule has 0 radical (unpaired) electrons. The van der Waals surface area contributed by atoms with Gasteiger partial charge in [0.2, 0.25) is 0 Å². The molecule has 5 rings (SSSR count). The number of rotatable bonds is 5. The Balaban J connectivity index is 1.50. The summed E-state index contributed by atoms with van der Waals surface area (Å²) in [5.41, 5.74) is 5.09. The van der Waals surface area contributed by atoms with Gasteiger partial charge in [-0.25, -0.2) is 4.79 Å². The first-order valence-electron chi connectivity index (χ1n) is 10.7. The summed E-state index contributed by atoms with van der Waals surface area (Å²) in [5, 5.41) is 0.956. The molecule has 2 heterocycles. The van der Waals surface area contributed by atoms with Gasteiger partial charge in [-0.15, -0.1) is 0 Å². The minimum absolute atomic E-state index is 0.283. The van der Waals surface area contributed by atoms with E-state index in [0.717, 1.165) is 39.1 Å². The maximum atomic E-state index is 13.0. The van der Waals surface area contributed by atoms with Gasteiger partial charge < -0.3 is 13.9 Å². The molecule has 0 fully saturated rings. The molecule has 0 atom stereocenters. The monoisotopic (exact) mass is 427 g/mol. The van der Waals surface area contributed by atoms with Crippen LogP contribution in [0.5, 0.6) is 11.5 Å². The van der Waals surface area contributed by atoms with Gasteiger partial charge >= 0.3 is 5.63 Å². The number of aryl methyl sites for hydroxylation is 1. The average Bonchev–Trinajstić information content (AvgIpc) is 2.83. The van der Waals surface area contributed by atoms with E-state index in [4.69, 9.17) is 13.9 Å². The molecule has 0 saturated carbocycles. The van der Waals surface area contributed by atoms with Gasteiger partial charge in [-0.3, -0.25) is 4.90 Å². The topological polar surface area (TPSA) is 51.9 Å². The molecule has 162 valence electrons. The third-order valence-corrected chi connectivity index (χ3v) is 6.11. The number of benzene rings is 3. The fourth-order valence-electron chi connectivity index (χ4n) is 4.39. The largest absolute Gasteiger partial charge is 0.496 e. The van der Waals surface area contributed by atoms with E-state index in [1.165, 1.54) is 0 Å². The summed E-state index contributed by atoms with van der Waals surface area (Å²) in [4.78, 5) is 15.1. The smallest absolute Gasteiger partial charge is 0.340 e. The van der Waals surface area contributed by atoms with Gasteiger partial charge in [0.05, 0.1) is 12.7 Å². The average molecular weight is 428 g/mol. The SMILES string of the molecule is COc1ccccc1CN1COc2ccc3c(C)c(Cc4ccccc4)c(=O)oc3c2C1. The number of nitrogens with zero attached hydrogens (tertiary/aromatic N) is 1. The molecule has 0 spiro atoms. The molecular weight excluding hydrogens is 402 g/mol. The summed E-state index contributed by atoms with van der Waals surface area (Å²) in [5.74, 6) is 1.62. The van der Waals surface area contributed by atoms with Gasteiger partial charge in [0.15, 0.2) is 0 Å². The van der Waals surface area contributed by atoms with Crippen molar-refractivity contribution in [3.63, 3.8) is 0 Å². The molecule has 5 nitrogen and oxygen atoms in total. The lowest BCUT2D eigenvalue weighted by molar-refractivity contribution is 0.0882. The highest BCUT2D eigenvalue weighted by molar-refractivity contribution is 5.86. The zero-order valence-corrected chi connectivity index (χ0v) is 18.3. The predicted molar refractivity (Wildman–Crippen MR) is 124 cm³/mol. The van der Waals surface area contributed by atoms with Gasteiger partial charge in [0.1, 0.15) is 23.8 Å². The first-order chi connectivity index (χ1) is 15.6. The van der Waals surface area contributed by atoms with Gasteiger partial charge in [0, 0.05) is 36.0 Å². The normalized spacial score (nSPS) is 13.6.